The second-order valence-corrected chi connectivity index (χ2v) is 11.0. The number of hydrogen-bond donors (Lipinski definition) is 0. The van der Waals surface area contributed by atoms with Crippen molar-refractivity contribution in [3.05, 3.63) is 0 Å². The fourth-order valence-corrected chi connectivity index (χ4v) is 4.58. The predicted octanol–water partition coefficient (Wildman–Crippen LogP) is 5.49. The monoisotopic (exact) mass is 466 g/mol. The largest absolute Gasteiger partial charge is 2.00 e. The van der Waals surface area contributed by atoms with Crippen molar-refractivity contribution in [1.29, 1.82) is 0 Å². The van der Waals surface area contributed by atoms with E-state index in [-0.39, 0.29) is 35.4 Å². The molecule has 0 aromatic rings. The van der Waals surface area contributed by atoms with Gasteiger partial charge in [-0.25, -0.2) is 0 Å². The van der Waals surface area contributed by atoms with Gasteiger partial charge in [0, 0.05) is 12.3 Å². The van der Waals surface area contributed by atoms with Crippen LogP contribution in [-0.2, 0) is 18.2 Å². The Morgan fingerprint density at radius 3 is 1.14 bits per heavy atom. The summed E-state index contributed by atoms with van der Waals surface area (Å²) in [6, 6.07) is 0. The minimum Gasteiger partial charge on any atom is -0.778 e. The molecule has 0 N–H and O–H groups in total. The van der Waals surface area contributed by atoms with Gasteiger partial charge in [0.05, 0.1) is 13.2 Å². The molecule has 0 saturated heterocycles. The van der Waals surface area contributed by atoms with Crippen molar-refractivity contribution < 1.29 is 28.0 Å². The maximum Gasteiger partial charge on any atom is 2.00 e. The molecule has 0 radical (unpaired) electrons. The molecule has 0 aromatic carbocycles. The molecule has 0 aliphatic rings. The molecular weight excluding hydrogens is 422 g/mol. The minimum atomic E-state index is -3.51. The Kier molecular flexibility index (Phi) is 28.4. The summed E-state index contributed by atoms with van der Waals surface area (Å²) < 4.78 is 32.2. The van der Waals surface area contributed by atoms with E-state index in [1.54, 1.807) is 0 Å². The second-order valence-electron chi connectivity index (χ2n) is 7.16. The average Bonchev–Trinajstić information content (AvgIpc) is 2.63. The van der Waals surface area contributed by atoms with Crippen LogP contribution in [0.3, 0.4) is 0 Å². The molecule has 0 rings (SSSR count). The van der Waals surface area contributed by atoms with Gasteiger partial charge in [-0.2, -0.15) is 0 Å². The van der Waals surface area contributed by atoms with Gasteiger partial charge in [-0.3, -0.25) is 0 Å². The van der Waals surface area contributed by atoms with E-state index in [2.05, 4.69) is 13.8 Å². The van der Waals surface area contributed by atoms with E-state index in [4.69, 9.17) is 9.05 Å². The molecule has 0 aliphatic heterocycles. The summed E-state index contributed by atoms with van der Waals surface area (Å²) in [6.45, 7) is 8.94. The van der Waals surface area contributed by atoms with Crippen LogP contribution in [0.4, 0.5) is 0 Å². The molecule has 172 valence electrons. The topological polar surface area (TPSA) is 98.7 Å². The quantitative estimate of drug-likeness (QED) is 0.150. The molecule has 0 fully saturated rings. The van der Waals surface area contributed by atoms with Crippen LogP contribution in [0.5, 0.6) is 0 Å². The SMILES string of the molecule is CCCCCCP(=O)([O-])OCCCC.CCCCCCP(=O)([O-])OCCCC.[Mg+2]. The molecule has 0 heterocycles. The van der Waals surface area contributed by atoms with Gasteiger partial charge in [0.25, 0.3) is 0 Å². The third-order valence-electron chi connectivity index (χ3n) is 4.14. The van der Waals surface area contributed by atoms with Gasteiger partial charge in [0.15, 0.2) is 0 Å². The molecular formula is C20H44MgO6P2. The third-order valence-corrected chi connectivity index (χ3v) is 7.02. The summed E-state index contributed by atoms with van der Waals surface area (Å²) in [5, 5.41) is 0. The van der Waals surface area contributed by atoms with Crippen LogP contribution < -0.4 is 9.79 Å². The van der Waals surface area contributed by atoms with Crippen LogP contribution in [0.25, 0.3) is 0 Å². The fourth-order valence-electron chi connectivity index (χ4n) is 2.29. The van der Waals surface area contributed by atoms with E-state index in [0.717, 1.165) is 77.0 Å². The predicted molar refractivity (Wildman–Crippen MR) is 121 cm³/mol. The van der Waals surface area contributed by atoms with E-state index >= 15 is 0 Å². The first-order valence-corrected chi connectivity index (χ1v) is 14.6. The van der Waals surface area contributed by atoms with E-state index in [0.29, 0.717) is 13.2 Å². The number of hydrogen-bond acceptors (Lipinski definition) is 6. The maximum atomic E-state index is 11.3. The Balaban J connectivity index is -0.000000451. The van der Waals surface area contributed by atoms with Crippen LogP contribution in [-0.4, -0.2) is 48.6 Å². The van der Waals surface area contributed by atoms with Crippen LogP contribution in [0.1, 0.15) is 105 Å². The number of unbranched alkanes of at least 4 members (excludes halogenated alkanes) is 8. The number of rotatable bonds is 18. The van der Waals surface area contributed by atoms with Crippen molar-refractivity contribution in [3.8, 4) is 0 Å². The Morgan fingerprint density at radius 2 is 0.862 bits per heavy atom. The molecule has 6 nitrogen and oxygen atoms in total. The molecule has 0 bridgehead atoms. The van der Waals surface area contributed by atoms with Crippen molar-refractivity contribution >= 4 is 38.2 Å². The van der Waals surface area contributed by atoms with Crippen molar-refractivity contribution in [2.24, 2.45) is 0 Å². The van der Waals surface area contributed by atoms with Crippen molar-refractivity contribution in [2.75, 3.05) is 25.5 Å². The first-order chi connectivity index (χ1) is 13.2. The zero-order valence-corrected chi connectivity index (χ0v) is 22.6. The first-order valence-electron chi connectivity index (χ1n) is 11.1. The second kappa shape index (κ2) is 23.7. The zero-order valence-electron chi connectivity index (χ0n) is 19.4. The molecule has 0 saturated carbocycles. The van der Waals surface area contributed by atoms with Crippen LogP contribution in [0.15, 0.2) is 0 Å². The van der Waals surface area contributed by atoms with Gasteiger partial charge in [-0.1, -0.05) is 79.1 Å². The molecule has 0 aliphatic carbocycles. The molecule has 29 heavy (non-hydrogen) atoms. The van der Waals surface area contributed by atoms with Crippen molar-refractivity contribution in [2.45, 2.75) is 105 Å². The summed E-state index contributed by atoms with van der Waals surface area (Å²) in [7, 11) is -7.02. The van der Waals surface area contributed by atoms with Crippen LogP contribution >= 0.6 is 15.2 Å². The Labute approximate surface area is 196 Å². The molecule has 9 heteroatoms. The third kappa shape index (κ3) is 29.1. The van der Waals surface area contributed by atoms with Crippen molar-refractivity contribution in [3.63, 3.8) is 0 Å². The van der Waals surface area contributed by atoms with E-state index in [1.807, 2.05) is 13.8 Å². The summed E-state index contributed by atoms with van der Waals surface area (Å²) in [6.07, 6.45) is 11.9. The van der Waals surface area contributed by atoms with Gasteiger partial charge in [-0.05, 0) is 25.7 Å². The van der Waals surface area contributed by atoms with Gasteiger partial charge in [0.1, 0.15) is 15.2 Å². The summed E-state index contributed by atoms with van der Waals surface area (Å²) >= 11 is 0. The van der Waals surface area contributed by atoms with Gasteiger partial charge < -0.3 is 28.0 Å². The summed E-state index contributed by atoms with van der Waals surface area (Å²) in [5.41, 5.74) is 0. The standard InChI is InChI=1S/2C10H23O3P.Mg/c2*1-3-5-7-8-10-14(11,12)13-9-6-4-2;/h2*3-10H2,1-2H3,(H,11,12);/q;;+2/p-2. The zero-order chi connectivity index (χ0) is 21.7. The molecule has 2 atom stereocenters. The minimum absolute atomic E-state index is 0. The Hall–Kier alpha value is 1.07. The Morgan fingerprint density at radius 1 is 0.552 bits per heavy atom. The van der Waals surface area contributed by atoms with E-state index < -0.39 is 15.2 Å². The van der Waals surface area contributed by atoms with Crippen molar-refractivity contribution in [1.82, 2.24) is 0 Å². The summed E-state index contributed by atoms with van der Waals surface area (Å²) in [4.78, 5) is 22.5. The van der Waals surface area contributed by atoms with Crippen LogP contribution in [0.2, 0.25) is 0 Å². The normalized spacial score (nSPS) is 14.8. The maximum absolute atomic E-state index is 11.3. The van der Waals surface area contributed by atoms with Gasteiger partial charge in [0.2, 0.25) is 0 Å². The first kappa shape index (κ1) is 34.7. The van der Waals surface area contributed by atoms with Gasteiger partial charge in [-0.15, -0.1) is 0 Å². The van der Waals surface area contributed by atoms with Gasteiger partial charge >= 0.3 is 23.1 Å². The molecule has 0 aromatic heterocycles. The van der Waals surface area contributed by atoms with E-state index in [9.17, 15) is 18.9 Å². The smallest absolute Gasteiger partial charge is 0.778 e. The van der Waals surface area contributed by atoms with Crippen LogP contribution in [0, 0.1) is 0 Å². The average molecular weight is 467 g/mol. The molecule has 2 unspecified atom stereocenters. The summed E-state index contributed by atoms with van der Waals surface area (Å²) in [5.74, 6) is 0. The Bertz CT molecular complexity index is 386. The molecule has 0 amide bonds. The fraction of sp³-hybridized carbons (Fsp3) is 1.00. The van der Waals surface area contributed by atoms with E-state index in [1.165, 1.54) is 0 Å². The molecule has 0 spiro atoms.